The molecule has 3 rings (SSSR count). The van der Waals surface area contributed by atoms with Gasteiger partial charge in [-0.1, -0.05) is 0 Å². The van der Waals surface area contributed by atoms with Crippen LogP contribution in [0.15, 0.2) is 54.7 Å². The van der Waals surface area contributed by atoms with Crippen molar-refractivity contribution in [2.24, 2.45) is 0 Å². The largest absolute Gasteiger partial charge is 0.497 e. The quantitative estimate of drug-likeness (QED) is 0.497. The topological polar surface area (TPSA) is 94.4 Å². The van der Waals surface area contributed by atoms with E-state index in [0.29, 0.717) is 22.9 Å². The lowest BCUT2D eigenvalue weighted by molar-refractivity contribution is -0.384. The van der Waals surface area contributed by atoms with Crippen LogP contribution in [0.2, 0.25) is 0 Å². The van der Waals surface area contributed by atoms with Gasteiger partial charge in [-0.2, -0.15) is 0 Å². The number of nitrogens with one attached hydrogen (secondary N) is 1. The van der Waals surface area contributed by atoms with Gasteiger partial charge < -0.3 is 10.1 Å². The SMILES string of the molecule is COc1ccc(-c2ccnc(NC(=O)Cc3cc(F)cc(F)c3)c2)c([N+](=O)[O-])c1. The molecule has 0 saturated heterocycles. The first kappa shape index (κ1) is 19.9. The van der Waals surface area contributed by atoms with Crippen LogP contribution in [0, 0.1) is 21.7 Å². The third kappa shape index (κ3) is 4.89. The van der Waals surface area contributed by atoms with Gasteiger partial charge in [0, 0.05) is 12.3 Å². The first-order valence-electron chi connectivity index (χ1n) is 8.39. The lowest BCUT2D eigenvalue weighted by Gasteiger charge is -2.09. The number of rotatable bonds is 6. The van der Waals surface area contributed by atoms with Gasteiger partial charge in [0.05, 0.1) is 30.1 Å². The van der Waals surface area contributed by atoms with Crippen molar-refractivity contribution in [3.63, 3.8) is 0 Å². The van der Waals surface area contributed by atoms with E-state index in [4.69, 9.17) is 4.74 Å². The van der Waals surface area contributed by atoms with Crippen LogP contribution in [-0.4, -0.2) is 22.9 Å². The molecular weight excluding hydrogens is 384 g/mol. The van der Waals surface area contributed by atoms with Crippen molar-refractivity contribution in [1.82, 2.24) is 4.98 Å². The Hall–Kier alpha value is -3.88. The molecular formula is C20H15F2N3O4. The predicted octanol–water partition coefficient (Wildman–Crippen LogP) is 4.12. The molecule has 0 atom stereocenters. The number of halogens is 2. The van der Waals surface area contributed by atoms with Crippen molar-refractivity contribution in [2.45, 2.75) is 6.42 Å². The maximum Gasteiger partial charge on any atom is 0.280 e. The van der Waals surface area contributed by atoms with Crippen LogP contribution in [0.4, 0.5) is 20.3 Å². The normalized spacial score (nSPS) is 10.4. The minimum atomic E-state index is -0.778. The van der Waals surface area contributed by atoms with Crippen LogP contribution in [0.3, 0.4) is 0 Å². The van der Waals surface area contributed by atoms with Crippen LogP contribution in [0.1, 0.15) is 5.56 Å². The lowest BCUT2D eigenvalue weighted by Crippen LogP contribution is -2.15. The highest BCUT2D eigenvalue weighted by molar-refractivity contribution is 5.92. The highest BCUT2D eigenvalue weighted by atomic mass is 19.1. The van der Waals surface area contributed by atoms with Gasteiger partial charge >= 0.3 is 0 Å². The summed E-state index contributed by atoms with van der Waals surface area (Å²) in [7, 11) is 1.41. The molecule has 0 aliphatic rings. The molecule has 1 amide bonds. The number of benzene rings is 2. The summed E-state index contributed by atoms with van der Waals surface area (Å²) >= 11 is 0. The molecule has 0 saturated carbocycles. The fraction of sp³-hybridized carbons (Fsp3) is 0.100. The fourth-order valence-electron chi connectivity index (χ4n) is 2.79. The number of hydrogen-bond acceptors (Lipinski definition) is 5. The number of amides is 1. The Balaban J connectivity index is 1.83. The third-order valence-corrected chi connectivity index (χ3v) is 4.03. The van der Waals surface area contributed by atoms with Crippen molar-refractivity contribution >= 4 is 17.4 Å². The minimum absolute atomic E-state index is 0.148. The monoisotopic (exact) mass is 399 g/mol. The number of nitrogens with zero attached hydrogens (tertiary/aromatic N) is 2. The number of aromatic nitrogens is 1. The molecule has 0 aliphatic heterocycles. The number of carbonyl (C=O) groups is 1. The molecule has 3 aromatic rings. The van der Waals surface area contributed by atoms with E-state index in [2.05, 4.69) is 10.3 Å². The van der Waals surface area contributed by atoms with E-state index < -0.39 is 22.5 Å². The molecule has 1 N–H and O–H groups in total. The summed E-state index contributed by atoms with van der Waals surface area (Å²) in [5.74, 6) is -1.61. The van der Waals surface area contributed by atoms with Gasteiger partial charge in [-0.05, 0) is 47.5 Å². The average molecular weight is 399 g/mol. The second-order valence-electron chi connectivity index (χ2n) is 6.07. The van der Waals surface area contributed by atoms with Gasteiger partial charge in [0.15, 0.2) is 0 Å². The molecule has 1 aromatic heterocycles. The summed E-state index contributed by atoms with van der Waals surface area (Å²) in [4.78, 5) is 27.1. The van der Waals surface area contributed by atoms with E-state index in [1.807, 2.05) is 0 Å². The van der Waals surface area contributed by atoms with Gasteiger partial charge in [-0.3, -0.25) is 14.9 Å². The van der Waals surface area contributed by atoms with Gasteiger partial charge in [-0.25, -0.2) is 13.8 Å². The maximum atomic E-state index is 13.3. The maximum absolute atomic E-state index is 13.3. The Kier molecular flexibility index (Phi) is 5.77. The fourth-order valence-corrected chi connectivity index (χ4v) is 2.79. The number of anilines is 1. The Labute approximate surface area is 164 Å². The van der Waals surface area contributed by atoms with E-state index in [1.54, 1.807) is 12.1 Å². The van der Waals surface area contributed by atoms with E-state index >= 15 is 0 Å². The number of hydrogen-bond donors (Lipinski definition) is 1. The summed E-state index contributed by atoms with van der Waals surface area (Å²) in [5.41, 5.74) is 0.785. The number of nitro groups is 1. The van der Waals surface area contributed by atoms with Gasteiger partial charge in [0.1, 0.15) is 23.2 Å². The summed E-state index contributed by atoms with van der Waals surface area (Å²) < 4.78 is 31.5. The van der Waals surface area contributed by atoms with Crippen molar-refractivity contribution in [2.75, 3.05) is 12.4 Å². The molecule has 0 unspecified atom stereocenters. The molecule has 29 heavy (non-hydrogen) atoms. The molecule has 0 radical (unpaired) electrons. The average Bonchev–Trinajstić information content (AvgIpc) is 2.66. The first-order chi connectivity index (χ1) is 13.9. The summed E-state index contributed by atoms with van der Waals surface area (Å²) in [5, 5.41) is 13.9. The van der Waals surface area contributed by atoms with E-state index in [0.717, 1.165) is 12.1 Å². The molecule has 0 bridgehead atoms. The zero-order chi connectivity index (χ0) is 21.0. The highest BCUT2D eigenvalue weighted by Gasteiger charge is 2.17. The summed E-state index contributed by atoms with van der Waals surface area (Å²) in [6.45, 7) is 0. The third-order valence-electron chi connectivity index (χ3n) is 4.03. The van der Waals surface area contributed by atoms with E-state index in [1.165, 1.54) is 31.5 Å². The molecule has 0 fully saturated rings. The lowest BCUT2D eigenvalue weighted by atomic mass is 10.0. The number of nitro benzene ring substituents is 1. The van der Waals surface area contributed by atoms with Crippen LogP contribution in [-0.2, 0) is 11.2 Å². The van der Waals surface area contributed by atoms with Crippen molar-refractivity contribution in [3.8, 4) is 16.9 Å². The second-order valence-corrected chi connectivity index (χ2v) is 6.07. The zero-order valence-corrected chi connectivity index (χ0v) is 15.2. The molecule has 9 heteroatoms. The number of methoxy groups -OCH3 is 1. The van der Waals surface area contributed by atoms with E-state index in [-0.39, 0.29) is 23.5 Å². The predicted molar refractivity (Wildman–Crippen MR) is 102 cm³/mol. The molecule has 0 spiro atoms. The first-order valence-corrected chi connectivity index (χ1v) is 8.39. The minimum Gasteiger partial charge on any atom is -0.497 e. The van der Waals surface area contributed by atoms with Gasteiger partial charge in [0.2, 0.25) is 5.91 Å². The van der Waals surface area contributed by atoms with Crippen LogP contribution < -0.4 is 10.1 Å². The molecule has 0 aliphatic carbocycles. The molecule has 2 aromatic carbocycles. The molecule has 1 heterocycles. The van der Waals surface area contributed by atoms with Crippen molar-refractivity contribution < 1.29 is 23.2 Å². The Morgan fingerprint density at radius 1 is 1.14 bits per heavy atom. The van der Waals surface area contributed by atoms with E-state index in [9.17, 15) is 23.7 Å². The zero-order valence-electron chi connectivity index (χ0n) is 15.2. The van der Waals surface area contributed by atoms with Crippen LogP contribution in [0.25, 0.3) is 11.1 Å². The molecule has 7 nitrogen and oxygen atoms in total. The number of carbonyl (C=O) groups excluding carboxylic acids is 1. The van der Waals surface area contributed by atoms with Gasteiger partial charge in [-0.15, -0.1) is 0 Å². The Morgan fingerprint density at radius 3 is 2.52 bits per heavy atom. The van der Waals surface area contributed by atoms with Crippen molar-refractivity contribution in [1.29, 1.82) is 0 Å². The standard InChI is InChI=1S/C20H15F2N3O4/c1-29-16-2-3-17(18(11-16)25(27)28)13-4-5-23-19(9-13)24-20(26)8-12-6-14(21)10-15(22)7-12/h2-7,9-11H,8H2,1H3,(H,23,24,26). The molecule has 148 valence electrons. The highest BCUT2D eigenvalue weighted by Crippen LogP contribution is 2.33. The van der Waals surface area contributed by atoms with Gasteiger partial charge in [0.25, 0.3) is 5.69 Å². The summed E-state index contributed by atoms with van der Waals surface area (Å²) in [6.07, 6.45) is 1.13. The number of ether oxygens (including phenoxy) is 1. The van der Waals surface area contributed by atoms with Crippen LogP contribution in [0.5, 0.6) is 5.75 Å². The smallest absolute Gasteiger partial charge is 0.280 e. The number of pyridine rings is 1. The van der Waals surface area contributed by atoms with Crippen molar-refractivity contribution in [3.05, 3.63) is 82.0 Å². The Morgan fingerprint density at radius 2 is 1.86 bits per heavy atom. The van der Waals surface area contributed by atoms with Crippen LogP contribution >= 0.6 is 0 Å². The Bertz CT molecular complexity index is 1070. The summed E-state index contributed by atoms with van der Waals surface area (Å²) in [6, 6.07) is 10.3. The second kappa shape index (κ2) is 8.42.